The van der Waals surface area contributed by atoms with Crippen molar-refractivity contribution >= 4 is 17.3 Å². The molecule has 2 aromatic rings. The minimum absolute atomic E-state index is 0.00114. The third-order valence-electron chi connectivity index (χ3n) is 8.57. The van der Waals surface area contributed by atoms with Gasteiger partial charge in [0.2, 0.25) is 5.78 Å². The maximum absolute atomic E-state index is 13.8. The van der Waals surface area contributed by atoms with E-state index in [0.29, 0.717) is 6.61 Å². The Kier molecular flexibility index (Phi) is 8.16. The molecule has 1 heterocycles. The average Bonchev–Trinajstić information content (AvgIpc) is 2.94. The van der Waals surface area contributed by atoms with Crippen molar-refractivity contribution in [2.24, 2.45) is 5.73 Å². The summed E-state index contributed by atoms with van der Waals surface area (Å²) < 4.78 is 23.6. The lowest BCUT2D eigenvalue weighted by Crippen LogP contribution is -2.53. The van der Waals surface area contributed by atoms with Crippen molar-refractivity contribution in [2.45, 2.75) is 89.1 Å². The molecule has 5 N–H and O–H groups in total. The van der Waals surface area contributed by atoms with Crippen LogP contribution in [0.5, 0.6) is 17.2 Å². The molecule has 3 aliphatic rings. The van der Waals surface area contributed by atoms with Gasteiger partial charge in [0.1, 0.15) is 22.8 Å². The Morgan fingerprint density at radius 2 is 1.86 bits per heavy atom. The minimum atomic E-state index is -1.98. The van der Waals surface area contributed by atoms with Gasteiger partial charge in [0, 0.05) is 48.6 Å². The van der Waals surface area contributed by atoms with Gasteiger partial charge in [-0.2, -0.15) is 0 Å². The average molecular weight is 584 g/mol. The van der Waals surface area contributed by atoms with Crippen LogP contribution >= 0.6 is 0 Å². The summed E-state index contributed by atoms with van der Waals surface area (Å²) in [6, 6.07) is 4.04. The van der Waals surface area contributed by atoms with Crippen LogP contribution in [0.2, 0.25) is 0 Å². The summed E-state index contributed by atoms with van der Waals surface area (Å²) in [5, 5.41) is 34.4. The normalized spacial score (nSPS) is 28.6. The molecule has 5 rings (SSSR count). The van der Waals surface area contributed by atoms with Crippen LogP contribution in [0.1, 0.15) is 95.5 Å². The number of aliphatic hydroxyl groups is 1. The SMILES string of the molecule is CCCCO[C@H]1C(N)C[C@H](O[C@H]2C[C@](O)(C(C)=O)Cc3c(O)c4c(c(O)c32)C(=O)c2c(OC)cccc2C4=O)OC1C. The molecule has 6 atom stereocenters. The van der Waals surface area contributed by atoms with Crippen molar-refractivity contribution in [1.29, 1.82) is 0 Å². The van der Waals surface area contributed by atoms with Crippen LogP contribution in [-0.4, -0.2) is 76.5 Å². The van der Waals surface area contributed by atoms with E-state index in [0.717, 1.165) is 12.8 Å². The molecule has 0 bridgehead atoms. The van der Waals surface area contributed by atoms with Gasteiger partial charge in [-0.3, -0.25) is 14.4 Å². The molecule has 0 aromatic heterocycles. The Hall–Kier alpha value is -3.35. The first-order valence-electron chi connectivity index (χ1n) is 14.2. The van der Waals surface area contributed by atoms with Crippen LogP contribution in [0.4, 0.5) is 0 Å². The van der Waals surface area contributed by atoms with Gasteiger partial charge >= 0.3 is 0 Å². The van der Waals surface area contributed by atoms with Crippen LogP contribution in [0.15, 0.2) is 18.2 Å². The number of phenols is 2. The molecule has 0 spiro atoms. The molecule has 1 saturated heterocycles. The second-order valence-electron chi connectivity index (χ2n) is 11.3. The Balaban J connectivity index is 1.57. The first-order valence-corrected chi connectivity index (χ1v) is 14.2. The summed E-state index contributed by atoms with van der Waals surface area (Å²) in [7, 11) is 1.36. The smallest absolute Gasteiger partial charge is 0.202 e. The van der Waals surface area contributed by atoms with Gasteiger partial charge in [-0.25, -0.2) is 0 Å². The van der Waals surface area contributed by atoms with Crippen molar-refractivity contribution < 1.29 is 48.7 Å². The van der Waals surface area contributed by atoms with Crippen molar-refractivity contribution in [3.8, 4) is 17.2 Å². The molecule has 42 heavy (non-hydrogen) atoms. The van der Waals surface area contributed by atoms with Crippen LogP contribution < -0.4 is 10.5 Å². The van der Waals surface area contributed by atoms with E-state index in [1.54, 1.807) is 0 Å². The lowest BCUT2D eigenvalue weighted by molar-refractivity contribution is -0.253. The fourth-order valence-electron chi connectivity index (χ4n) is 6.27. The Labute approximate surface area is 243 Å². The number of fused-ring (bicyclic) bond motifs is 3. The van der Waals surface area contributed by atoms with E-state index in [4.69, 9.17) is 24.7 Å². The topological polar surface area (TPSA) is 175 Å². The summed E-state index contributed by atoms with van der Waals surface area (Å²) in [5.74, 6) is -3.03. The first kappa shape index (κ1) is 30.1. The van der Waals surface area contributed by atoms with Crippen LogP contribution in [0.25, 0.3) is 0 Å². The van der Waals surface area contributed by atoms with Gasteiger partial charge in [-0.15, -0.1) is 0 Å². The summed E-state index contributed by atoms with van der Waals surface area (Å²) >= 11 is 0. The molecule has 1 fully saturated rings. The number of aromatic hydroxyl groups is 2. The van der Waals surface area contributed by atoms with E-state index in [1.165, 1.54) is 32.2 Å². The maximum atomic E-state index is 13.8. The highest BCUT2D eigenvalue weighted by Crippen LogP contribution is 2.52. The van der Waals surface area contributed by atoms with Crippen molar-refractivity contribution in [2.75, 3.05) is 13.7 Å². The lowest BCUT2D eigenvalue weighted by Gasteiger charge is -2.43. The van der Waals surface area contributed by atoms with E-state index in [-0.39, 0.29) is 46.9 Å². The highest BCUT2D eigenvalue weighted by atomic mass is 16.7. The summed E-state index contributed by atoms with van der Waals surface area (Å²) in [6.45, 7) is 5.61. The predicted octanol–water partition coefficient (Wildman–Crippen LogP) is 2.85. The van der Waals surface area contributed by atoms with E-state index in [2.05, 4.69) is 6.92 Å². The number of Topliss-reactive ketones (excluding diaryl/α,β-unsaturated/α-hetero) is 1. The predicted molar refractivity (Wildman–Crippen MR) is 149 cm³/mol. The van der Waals surface area contributed by atoms with Crippen molar-refractivity contribution in [3.05, 3.63) is 51.6 Å². The fraction of sp³-hybridized carbons (Fsp3) is 0.516. The van der Waals surface area contributed by atoms with Gasteiger partial charge in [0.25, 0.3) is 0 Å². The zero-order valence-electron chi connectivity index (χ0n) is 24.1. The Morgan fingerprint density at radius 3 is 2.50 bits per heavy atom. The summed E-state index contributed by atoms with van der Waals surface area (Å²) in [4.78, 5) is 40.0. The van der Waals surface area contributed by atoms with Gasteiger partial charge in [-0.1, -0.05) is 25.5 Å². The quantitative estimate of drug-likeness (QED) is 0.227. The Bertz CT molecular complexity index is 1430. The lowest BCUT2D eigenvalue weighted by atomic mass is 9.72. The van der Waals surface area contributed by atoms with Gasteiger partial charge in [0.15, 0.2) is 17.9 Å². The number of ketones is 3. The molecular formula is C31H37NO10. The second kappa shape index (κ2) is 11.4. The molecule has 11 heteroatoms. The van der Waals surface area contributed by atoms with E-state index < -0.39 is 76.5 Å². The minimum Gasteiger partial charge on any atom is -0.507 e. The number of nitrogens with two attached hydrogens (primary N) is 1. The number of carbonyl (C=O) groups is 3. The third kappa shape index (κ3) is 4.88. The monoisotopic (exact) mass is 583 g/mol. The number of phenolic OH excluding ortho intramolecular Hbond substituents is 2. The molecule has 1 aliphatic heterocycles. The molecule has 2 unspecified atom stereocenters. The van der Waals surface area contributed by atoms with Gasteiger partial charge in [-0.05, 0) is 26.3 Å². The number of ether oxygens (including phenoxy) is 4. The number of hydrogen-bond acceptors (Lipinski definition) is 11. The number of unbranched alkanes of at least 4 members (excludes halogenated alkanes) is 1. The van der Waals surface area contributed by atoms with Gasteiger partial charge < -0.3 is 40.0 Å². The zero-order valence-corrected chi connectivity index (χ0v) is 24.1. The van der Waals surface area contributed by atoms with E-state index in [1.807, 2.05) is 6.92 Å². The first-order chi connectivity index (χ1) is 19.9. The van der Waals surface area contributed by atoms with Crippen molar-refractivity contribution in [3.63, 3.8) is 0 Å². The molecule has 0 amide bonds. The van der Waals surface area contributed by atoms with E-state index in [9.17, 15) is 29.7 Å². The third-order valence-corrected chi connectivity index (χ3v) is 8.57. The standard InChI is InChI=1S/C31H37NO10/c1-5-6-10-40-30-14(2)41-21(11-18(30)32)42-20-13-31(38,15(3)33)12-17-23(20)29(37)25-24(27(17)35)26(34)16-8-7-9-19(39-4)22(16)28(25)36/h7-9,14,18,20-21,30,35,37-38H,5-6,10-13,32H2,1-4H3/t14?,18?,20-,21-,30+,31-/m0/s1. The van der Waals surface area contributed by atoms with Crippen LogP contribution in [-0.2, 0) is 25.4 Å². The highest BCUT2D eigenvalue weighted by Gasteiger charge is 2.49. The van der Waals surface area contributed by atoms with Crippen LogP contribution in [0.3, 0.4) is 0 Å². The number of benzene rings is 2. The summed E-state index contributed by atoms with van der Waals surface area (Å²) in [6.07, 6.45) is -1.55. The van der Waals surface area contributed by atoms with Crippen LogP contribution in [0, 0.1) is 0 Å². The molecule has 2 aromatic carbocycles. The number of carbonyl (C=O) groups excluding carboxylic acids is 3. The van der Waals surface area contributed by atoms with Crippen molar-refractivity contribution in [1.82, 2.24) is 0 Å². The molecule has 0 saturated carbocycles. The molecule has 226 valence electrons. The van der Waals surface area contributed by atoms with Gasteiger partial charge in [0.05, 0.1) is 42.1 Å². The molecular weight excluding hydrogens is 546 g/mol. The largest absolute Gasteiger partial charge is 0.507 e. The number of rotatable bonds is 8. The molecule has 11 nitrogen and oxygen atoms in total. The Morgan fingerprint density at radius 1 is 1.14 bits per heavy atom. The zero-order chi connectivity index (χ0) is 30.5. The van der Waals surface area contributed by atoms with E-state index >= 15 is 0 Å². The maximum Gasteiger partial charge on any atom is 0.202 e. The molecule has 0 radical (unpaired) electrons. The number of methoxy groups -OCH3 is 1. The highest BCUT2D eigenvalue weighted by molar-refractivity contribution is 6.31. The summed E-state index contributed by atoms with van der Waals surface area (Å²) in [5.41, 5.74) is 3.56. The number of hydrogen-bond donors (Lipinski definition) is 4. The second-order valence-corrected chi connectivity index (χ2v) is 11.3. The fourth-order valence-corrected chi connectivity index (χ4v) is 6.27. The molecule has 2 aliphatic carbocycles.